The molecule has 0 aliphatic rings. The van der Waals surface area contributed by atoms with Crippen LogP contribution in [0.2, 0.25) is 5.02 Å². The maximum absolute atomic E-state index is 6.12. The summed E-state index contributed by atoms with van der Waals surface area (Å²) in [6, 6.07) is 7.75. The summed E-state index contributed by atoms with van der Waals surface area (Å²) in [5, 5.41) is 0.726. The van der Waals surface area contributed by atoms with E-state index >= 15 is 0 Å². The standard InChI is InChI=1S/C13H17Cl3O/c1-17-8-2-7-13(9-14,10-15)11-3-5-12(16)6-4-11/h3-6H,2,7-10H2,1H3. The molecule has 0 aliphatic heterocycles. The van der Waals surface area contributed by atoms with Crippen molar-refractivity contribution in [3.05, 3.63) is 34.9 Å². The zero-order chi connectivity index (χ0) is 12.7. The van der Waals surface area contributed by atoms with Gasteiger partial charge in [-0.25, -0.2) is 0 Å². The smallest absolute Gasteiger partial charge is 0.0462 e. The van der Waals surface area contributed by atoms with E-state index in [-0.39, 0.29) is 5.41 Å². The molecule has 1 aromatic carbocycles. The Labute approximate surface area is 118 Å². The molecule has 0 spiro atoms. The van der Waals surface area contributed by atoms with Crippen LogP contribution in [-0.4, -0.2) is 25.5 Å². The van der Waals surface area contributed by atoms with Crippen LogP contribution in [0.5, 0.6) is 0 Å². The van der Waals surface area contributed by atoms with Gasteiger partial charge in [-0.3, -0.25) is 0 Å². The molecule has 0 saturated heterocycles. The van der Waals surface area contributed by atoms with Crippen LogP contribution in [0.1, 0.15) is 18.4 Å². The number of hydrogen-bond donors (Lipinski definition) is 0. The highest BCUT2D eigenvalue weighted by atomic mass is 35.5. The molecule has 17 heavy (non-hydrogen) atoms. The van der Waals surface area contributed by atoms with Crippen molar-refractivity contribution < 1.29 is 4.74 Å². The van der Waals surface area contributed by atoms with Gasteiger partial charge in [0.1, 0.15) is 0 Å². The third-order valence-electron chi connectivity index (χ3n) is 2.97. The lowest BCUT2D eigenvalue weighted by Crippen LogP contribution is -2.31. The zero-order valence-electron chi connectivity index (χ0n) is 9.89. The Balaban J connectivity index is 2.85. The van der Waals surface area contributed by atoms with Crippen molar-refractivity contribution in [2.75, 3.05) is 25.5 Å². The number of alkyl halides is 2. The number of methoxy groups -OCH3 is 1. The highest BCUT2D eigenvalue weighted by Gasteiger charge is 2.30. The molecule has 0 amide bonds. The normalized spacial score (nSPS) is 11.8. The minimum atomic E-state index is -0.188. The van der Waals surface area contributed by atoms with Gasteiger partial charge >= 0.3 is 0 Å². The largest absolute Gasteiger partial charge is 0.385 e. The fourth-order valence-electron chi connectivity index (χ4n) is 1.83. The van der Waals surface area contributed by atoms with Crippen LogP contribution in [0.4, 0.5) is 0 Å². The third-order valence-corrected chi connectivity index (χ3v) is 4.25. The average Bonchev–Trinajstić information content (AvgIpc) is 2.37. The topological polar surface area (TPSA) is 9.23 Å². The van der Waals surface area contributed by atoms with Gasteiger partial charge in [-0.15, -0.1) is 23.2 Å². The Morgan fingerprint density at radius 2 is 1.71 bits per heavy atom. The predicted molar refractivity (Wildman–Crippen MR) is 75.7 cm³/mol. The van der Waals surface area contributed by atoms with Gasteiger partial charge in [-0.1, -0.05) is 23.7 Å². The molecule has 0 bridgehead atoms. The summed E-state index contributed by atoms with van der Waals surface area (Å²) >= 11 is 18.1. The SMILES string of the molecule is COCCCC(CCl)(CCl)c1ccc(Cl)cc1. The minimum Gasteiger partial charge on any atom is -0.385 e. The second kappa shape index (κ2) is 7.48. The lowest BCUT2D eigenvalue weighted by molar-refractivity contribution is 0.186. The molecule has 0 saturated carbocycles. The summed E-state index contributed by atoms with van der Waals surface area (Å²) in [4.78, 5) is 0. The van der Waals surface area contributed by atoms with Crippen LogP contribution >= 0.6 is 34.8 Å². The summed E-state index contributed by atoms with van der Waals surface area (Å²) in [7, 11) is 1.70. The van der Waals surface area contributed by atoms with Gasteiger partial charge in [0.25, 0.3) is 0 Å². The van der Waals surface area contributed by atoms with Crippen LogP contribution in [0.3, 0.4) is 0 Å². The molecule has 0 N–H and O–H groups in total. The van der Waals surface area contributed by atoms with Crippen LogP contribution in [0, 0.1) is 0 Å². The number of halogens is 3. The molecule has 0 heterocycles. The Kier molecular flexibility index (Phi) is 6.65. The van der Waals surface area contributed by atoms with Crippen LogP contribution in [0.15, 0.2) is 24.3 Å². The summed E-state index contributed by atoms with van der Waals surface area (Å²) in [6.45, 7) is 0.725. The maximum atomic E-state index is 6.12. The van der Waals surface area contributed by atoms with E-state index in [1.54, 1.807) is 7.11 Å². The molecule has 0 atom stereocenters. The highest BCUT2D eigenvalue weighted by Crippen LogP contribution is 2.33. The fraction of sp³-hybridized carbons (Fsp3) is 0.538. The zero-order valence-corrected chi connectivity index (χ0v) is 12.2. The molecule has 4 heteroatoms. The molecule has 0 radical (unpaired) electrons. The monoisotopic (exact) mass is 294 g/mol. The van der Waals surface area contributed by atoms with Crippen molar-refractivity contribution in [1.29, 1.82) is 0 Å². The van der Waals surface area contributed by atoms with E-state index < -0.39 is 0 Å². The van der Waals surface area contributed by atoms with E-state index in [9.17, 15) is 0 Å². The first-order valence-corrected chi connectivity index (χ1v) is 7.00. The molecular formula is C13H17Cl3O. The van der Waals surface area contributed by atoms with Gasteiger partial charge in [-0.2, -0.15) is 0 Å². The van der Waals surface area contributed by atoms with Gasteiger partial charge in [0, 0.05) is 35.9 Å². The Morgan fingerprint density at radius 1 is 1.12 bits per heavy atom. The summed E-state index contributed by atoms with van der Waals surface area (Å²) in [5.41, 5.74) is 0.953. The van der Waals surface area contributed by atoms with Crippen molar-refractivity contribution in [2.24, 2.45) is 0 Å². The van der Waals surface area contributed by atoms with Crippen molar-refractivity contribution in [3.8, 4) is 0 Å². The summed E-state index contributed by atoms with van der Waals surface area (Å²) in [6.07, 6.45) is 1.86. The second-order valence-electron chi connectivity index (χ2n) is 4.15. The molecule has 1 nitrogen and oxygen atoms in total. The predicted octanol–water partition coefficient (Wildman–Crippen LogP) is 4.48. The molecule has 0 aromatic heterocycles. The van der Waals surface area contributed by atoms with E-state index in [4.69, 9.17) is 39.5 Å². The first-order chi connectivity index (χ1) is 8.18. The highest BCUT2D eigenvalue weighted by molar-refractivity contribution is 6.30. The van der Waals surface area contributed by atoms with Crippen LogP contribution in [0.25, 0.3) is 0 Å². The lowest BCUT2D eigenvalue weighted by atomic mass is 9.80. The quantitative estimate of drug-likeness (QED) is 0.532. The number of ether oxygens (including phenoxy) is 1. The number of rotatable bonds is 7. The van der Waals surface area contributed by atoms with Crippen molar-refractivity contribution in [2.45, 2.75) is 18.3 Å². The third kappa shape index (κ3) is 4.03. The second-order valence-corrected chi connectivity index (χ2v) is 5.12. The van der Waals surface area contributed by atoms with E-state index in [0.717, 1.165) is 30.0 Å². The van der Waals surface area contributed by atoms with Gasteiger partial charge in [0.15, 0.2) is 0 Å². The van der Waals surface area contributed by atoms with Crippen LogP contribution < -0.4 is 0 Å². The Bertz CT molecular complexity index is 320. The first-order valence-electron chi connectivity index (χ1n) is 5.55. The van der Waals surface area contributed by atoms with Crippen molar-refractivity contribution in [3.63, 3.8) is 0 Å². The molecule has 0 fully saturated rings. The van der Waals surface area contributed by atoms with E-state index in [2.05, 4.69) is 0 Å². The Hall–Kier alpha value is 0.0500. The van der Waals surface area contributed by atoms with Gasteiger partial charge in [0.05, 0.1) is 0 Å². The lowest BCUT2D eigenvalue weighted by Gasteiger charge is -2.30. The van der Waals surface area contributed by atoms with E-state index in [0.29, 0.717) is 11.8 Å². The molecule has 0 unspecified atom stereocenters. The molecule has 1 rings (SSSR count). The molecule has 0 aliphatic carbocycles. The first kappa shape index (κ1) is 15.1. The maximum Gasteiger partial charge on any atom is 0.0462 e. The Morgan fingerprint density at radius 3 is 2.18 bits per heavy atom. The molecule has 96 valence electrons. The summed E-state index contributed by atoms with van der Waals surface area (Å²) < 4.78 is 5.07. The van der Waals surface area contributed by atoms with E-state index in [1.807, 2.05) is 24.3 Å². The van der Waals surface area contributed by atoms with Gasteiger partial charge < -0.3 is 4.74 Å². The number of hydrogen-bond acceptors (Lipinski definition) is 1. The minimum absolute atomic E-state index is 0.188. The molecular weight excluding hydrogens is 279 g/mol. The van der Waals surface area contributed by atoms with Crippen molar-refractivity contribution in [1.82, 2.24) is 0 Å². The number of benzene rings is 1. The fourth-order valence-corrected chi connectivity index (χ4v) is 2.81. The average molecular weight is 296 g/mol. The summed E-state index contributed by atoms with van der Waals surface area (Å²) in [5.74, 6) is 1.00. The van der Waals surface area contributed by atoms with E-state index in [1.165, 1.54) is 0 Å². The van der Waals surface area contributed by atoms with Crippen molar-refractivity contribution >= 4 is 34.8 Å². The van der Waals surface area contributed by atoms with Gasteiger partial charge in [0.2, 0.25) is 0 Å². The van der Waals surface area contributed by atoms with Crippen LogP contribution in [-0.2, 0) is 10.2 Å². The van der Waals surface area contributed by atoms with Gasteiger partial charge in [-0.05, 0) is 30.5 Å². The molecule has 1 aromatic rings.